The molecule has 6 nitrogen and oxygen atoms in total. The molecule has 1 aromatic heterocycles. The minimum atomic E-state index is 0.376. The maximum atomic E-state index is 5.50. The third-order valence-corrected chi connectivity index (χ3v) is 2.49. The molecule has 1 fully saturated rings. The van der Waals surface area contributed by atoms with Crippen molar-refractivity contribution in [1.82, 2.24) is 9.97 Å². The van der Waals surface area contributed by atoms with Gasteiger partial charge in [-0.15, -0.1) is 0 Å². The first-order valence-corrected chi connectivity index (χ1v) is 6.07. The highest BCUT2D eigenvalue weighted by molar-refractivity contribution is 5.40. The van der Waals surface area contributed by atoms with Gasteiger partial charge in [-0.1, -0.05) is 0 Å². The first kappa shape index (κ1) is 13.0. The molecule has 0 atom stereocenters. The molecule has 2 rings (SSSR count). The van der Waals surface area contributed by atoms with E-state index in [-0.39, 0.29) is 0 Å². The Morgan fingerprint density at radius 3 is 2.72 bits per heavy atom. The molecule has 0 saturated heterocycles. The molecule has 1 aliphatic carbocycles. The van der Waals surface area contributed by atoms with E-state index in [2.05, 4.69) is 15.3 Å². The van der Waals surface area contributed by atoms with E-state index in [0.717, 1.165) is 5.82 Å². The molecule has 1 N–H and O–H groups in total. The van der Waals surface area contributed by atoms with Crippen molar-refractivity contribution < 1.29 is 14.2 Å². The van der Waals surface area contributed by atoms with Crippen LogP contribution in [0.5, 0.6) is 5.88 Å². The Hall–Kier alpha value is -1.40. The summed E-state index contributed by atoms with van der Waals surface area (Å²) < 4.78 is 15.5. The Balaban J connectivity index is 2.02. The van der Waals surface area contributed by atoms with E-state index in [9.17, 15) is 0 Å². The van der Waals surface area contributed by atoms with Crippen LogP contribution in [-0.4, -0.2) is 43.4 Å². The third-order valence-electron chi connectivity index (χ3n) is 2.49. The number of aromatic nitrogens is 2. The minimum absolute atomic E-state index is 0.376. The van der Waals surface area contributed by atoms with Crippen molar-refractivity contribution in [2.24, 2.45) is 0 Å². The second kappa shape index (κ2) is 6.51. The van der Waals surface area contributed by atoms with Crippen molar-refractivity contribution in [2.75, 3.05) is 32.8 Å². The van der Waals surface area contributed by atoms with Gasteiger partial charge in [0.05, 0.1) is 6.61 Å². The first-order valence-electron chi connectivity index (χ1n) is 6.07. The van der Waals surface area contributed by atoms with Gasteiger partial charge in [0.1, 0.15) is 19.0 Å². The largest absolute Gasteiger partial charge is 0.475 e. The predicted octanol–water partition coefficient (Wildman–Crippen LogP) is 1.22. The first-order chi connectivity index (χ1) is 8.81. The monoisotopic (exact) mass is 253 g/mol. The zero-order valence-electron chi connectivity index (χ0n) is 10.8. The van der Waals surface area contributed by atoms with E-state index in [0.29, 0.717) is 37.6 Å². The average molecular weight is 253 g/mol. The van der Waals surface area contributed by atoms with Crippen LogP contribution >= 0.6 is 0 Å². The van der Waals surface area contributed by atoms with Crippen LogP contribution in [0, 0.1) is 0 Å². The molecule has 0 bridgehead atoms. The molecular formula is C12H19N3O3. The maximum absolute atomic E-state index is 5.50. The van der Waals surface area contributed by atoms with E-state index < -0.39 is 0 Å². The van der Waals surface area contributed by atoms with Crippen LogP contribution < -0.4 is 10.1 Å². The lowest BCUT2D eigenvalue weighted by Crippen LogP contribution is -2.10. The molecule has 0 amide bonds. The zero-order valence-corrected chi connectivity index (χ0v) is 10.8. The summed E-state index contributed by atoms with van der Waals surface area (Å²) in [6, 6.07) is 2.36. The van der Waals surface area contributed by atoms with E-state index in [4.69, 9.17) is 14.2 Å². The highest BCUT2D eigenvalue weighted by Gasteiger charge is 2.22. The van der Waals surface area contributed by atoms with Crippen molar-refractivity contribution in [3.05, 3.63) is 11.9 Å². The number of ether oxygens (including phenoxy) is 3. The fourth-order valence-electron chi connectivity index (χ4n) is 1.48. The SMILES string of the molecule is COCCOc1cc(NC2CC2)nc(COC)n1. The lowest BCUT2D eigenvalue weighted by atomic mass is 10.5. The van der Waals surface area contributed by atoms with Gasteiger partial charge >= 0.3 is 0 Å². The molecule has 6 heteroatoms. The molecule has 1 aliphatic rings. The Kier molecular flexibility index (Phi) is 4.72. The van der Waals surface area contributed by atoms with Crippen molar-refractivity contribution in [3.63, 3.8) is 0 Å². The van der Waals surface area contributed by atoms with Gasteiger partial charge in [0.2, 0.25) is 5.88 Å². The third kappa shape index (κ3) is 4.12. The Morgan fingerprint density at radius 1 is 1.22 bits per heavy atom. The van der Waals surface area contributed by atoms with Crippen LogP contribution in [-0.2, 0) is 16.1 Å². The van der Waals surface area contributed by atoms with Crippen LogP contribution in [0.2, 0.25) is 0 Å². The van der Waals surface area contributed by atoms with E-state index >= 15 is 0 Å². The van der Waals surface area contributed by atoms with E-state index in [1.165, 1.54) is 12.8 Å². The van der Waals surface area contributed by atoms with Crippen LogP contribution in [0.4, 0.5) is 5.82 Å². The van der Waals surface area contributed by atoms with Crippen LogP contribution in [0.25, 0.3) is 0 Å². The zero-order chi connectivity index (χ0) is 12.8. The van der Waals surface area contributed by atoms with Gasteiger partial charge in [0.25, 0.3) is 0 Å². The number of hydrogen-bond donors (Lipinski definition) is 1. The van der Waals surface area contributed by atoms with Crippen LogP contribution in [0.15, 0.2) is 6.07 Å². The number of hydrogen-bond acceptors (Lipinski definition) is 6. The average Bonchev–Trinajstić information content (AvgIpc) is 3.13. The molecule has 1 aromatic rings. The van der Waals surface area contributed by atoms with Crippen LogP contribution in [0.3, 0.4) is 0 Å². The smallest absolute Gasteiger partial charge is 0.218 e. The summed E-state index contributed by atoms with van der Waals surface area (Å²) in [5.74, 6) is 1.97. The molecule has 1 heterocycles. The quantitative estimate of drug-likeness (QED) is 0.703. The maximum Gasteiger partial charge on any atom is 0.218 e. The number of methoxy groups -OCH3 is 2. The predicted molar refractivity (Wildman–Crippen MR) is 66.8 cm³/mol. The molecule has 100 valence electrons. The summed E-state index contributed by atoms with van der Waals surface area (Å²) >= 11 is 0. The summed E-state index contributed by atoms with van der Waals surface area (Å²) in [6.07, 6.45) is 2.40. The summed E-state index contributed by atoms with van der Waals surface area (Å²) in [4.78, 5) is 8.64. The normalized spacial score (nSPS) is 14.6. The highest BCUT2D eigenvalue weighted by Crippen LogP contribution is 2.25. The van der Waals surface area contributed by atoms with Gasteiger partial charge < -0.3 is 19.5 Å². The molecule has 0 spiro atoms. The summed E-state index contributed by atoms with van der Waals surface area (Å²) in [7, 11) is 3.26. The van der Waals surface area contributed by atoms with Gasteiger partial charge in [0.15, 0.2) is 5.82 Å². The lowest BCUT2D eigenvalue weighted by Gasteiger charge is -2.10. The van der Waals surface area contributed by atoms with Gasteiger partial charge in [-0.25, -0.2) is 4.98 Å². The number of rotatable bonds is 8. The summed E-state index contributed by atoms with van der Waals surface area (Å²) in [6.45, 7) is 1.39. The van der Waals surface area contributed by atoms with Crippen molar-refractivity contribution in [3.8, 4) is 5.88 Å². The number of nitrogens with one attached hydrogen (secondary N) is 1. The van der Waals surface area contributed by atoms with Crippen molar-refractivity contribution in [2.45, 2.75) is 25.5 Å². The van der Waals surface area contributed by atoms with E-state index in [1.807, 2.05) is 6.07 Å². The van der Waals surface area contributed by atoms with Gasteiger partial charge in [-0.3, -0.25) is 0 Å². The van der Waals surface area contributed by atoms with Gasteiger partial charge in [-0.05, 0) is 12.8 Å². The van der Waals surface area contributed by atoms with Crippen molar-refractivity contribution >= 4 is 5.82 Å². The molecule has 1 saturated carbocycles. The molecule has 0 radical (unpaired) electrons. The highest BCUT2D eigenvalue weighted by atomic mass is 16.5. The Morgan fingerprint density at radius 2 is 2.06 bits per heavy atom. The van der Waals surface area contributed by atoms with E-state index in [1.54, 1.807) is 14.2 Å². The topological polar surface area (TPSA) is 65.5 Å². The molecule has 0 aromatic carbocycles. The Bertz CT molecular complexity index is 383. The fourth-order valence-corrected chi connectivity index (χ4v) is 1.48. The standard InChI is InChI=1S/C12H19N3O3/c1-16-5-6-18-12-7-10(13-9-3-4-9)14-11(15-12)8-17-2/h7,9H,3-6,8H2,1-2H3,(H,13,14,15). The summed E-state index contributed by atoms with van der Waals surface area (Å²) in [5.41, 5.74) is 0. The molecule has 0 unspecified atom stereocenters. The number of anilines is 1. The van der Waals surface area contributed by atoms with Gasteiger partial charge in [-0.2, -0.15) is 4.98 Å². The molecule has 0 aliphatic heterocycles. The van der Waals surface area contributed by atoms with Gasteiger partial charge in [0, 0.05) is 26.3 Å². The fraction of sp³-hybridized carbons (Fsp3) is 0.667. The summed E-state index contributed by atoms with van der Waals surface area (Å²) in [5, 5.41) is 3.33. The second-order valence-electron chi connectivity index (χ2n) is 4.20. The molecule has 18 heavy (non-hydrogen) atoms. The van der Waals surface area contributed by atoms with Crippen molar-refractivity contribution in [1.29, 1.82) is 0 Å². The minimum Gasteiger partial charge on any atom is -0.475 e. The Labute approximate surface area is 107 Å². The molecular weight excluding hydrogens is 234 g/mol. The lowest BCUT2D eigenvalue weighted by molar-refractivity contribution is 0.142. The number of nitrogens with zero attached hydrogens (tertiary/aromatic N) is 2. The van der Waals surface area contributed by atoms with Crippen LogP contribution in [0.1, 0.15) is 18.7 Å². The second-order valence-corrected chi connectivity index (χ2v) is 4.20.